The number of piperidine rings is 1. The SMILES string of the molecule is CN[C@@H]1CCCN(c2nc(Nc3ccc(N)c([N+](=O)[O-])c3)nc3c2CCCC3)C1.Cl.Cl. The Bertz CT molecular complexity index is 929. The first kappa shape index (κ1) is 24.9. The Morgan fingerprint density at radius 2 is 1.97 bits per heavy atom. The number of anilines is 4. The van der Waals surface area contributed by atoms with Gasteiger partial charge in [0.25, 0.3) is 5.69 Å². The Morgan fingerprint density at radius 3 is 2.71 bits per heavy atom. The summed E-state index contributed by atoms with van der Waals surface area (Å²) in [6.07, 6.45) is 6.50. The predicted octanol–water partition coefficient (Wildman–Crippen LogP) is 3.62. The minimum Gasteiger partial charge on any atom is -0.393 e. The van der Waals surface area contributed by atoms with Crippen LogP contribution in [0, 0.1) is 10.1 Å². The van der Waals surface area contributed by atoms with Gasteiger partial charge in [-0.05, 0) is 57.7 Å². The molecule has 170 valence electrons. The van der Waals surface area contributed by atoms with E-state index >= 15 is 0 Å². The summed E-state index contributed by atoms with van der Waals surface area (Å²) >= 11 is 0. The van der Waals surface area contributed by atoms with E-state index in [1.807, 2.05) is 7.05 Å². The van der Waals surface area contributed by atoms with Crippen LogP contribution in [0.25, 0.3) is 0 Å². The molecule has 4 N–H and O–H groups in total. The molecular formula is C20H29Cl2N7O2. The lowest BCUT2D eigenvalue weighted by molar-refractivity contribution is -0.383. The van der Waals surface area contributed by atoms with Crippen LogP contribution < -0.4 is 21.3 Å². The lowest BCUT2D eigenvalue weighted by atomic mass is 9.95. The summed E-state index contributed by atoms with van der Waals surface area (Å²) in [6.45, 7) is 1.90. The van der Waals surface area contributed by atoms with Crippen LogP contribution in [0.15, 0.2) is 18.2 Å². The van der Waals surface area contributed by atoms with Gasteiger partial charge in [0.15, 0.2) is 0 Å². The maximum absolute atomic E-state index is 11.2. The highest BCUT2D eigenvalue weighted by Crippen LogP contribution is 2.32. The summed E-state index contributed by atoms with van der Waals surface area (Å²) in [5.74, 6) is 1.48. The number of nitrogens with one attached hydrogen (secondary N) is 2. The molecule has 2 aliphatic rings. The van der Waals surface area contributed by atoms with Gasteiger partial charge in [-0.15, -0.1) is 24.8 Å². The molecule has 0 amide bonds. The molecule has 1 fully saturated rings. The molecule has 0 bridgehead atoms. The Labute approximate surface area is 194 Å². The first-order chi connectivity index (χ1) is 14.0. The first-order valence-corrected chi connectivity index (χ1v) is 10.2. The van der Waals surface area contributed by atoms with E-state index in [1.165, 1.54) is 24.1 Å². The van der Waals surface area contributed by atoms with E-state index in [0.29, 0.717) is 17.7 Å². The normalized spacial score (nSPS) is 17.7. The number of benzene rings is 1. The number of hydrogen-bond donors (Lipinski definition) is 3. The molecule has 1 saturated heterocycles. The second-order valence-corrected chi connectivity index (χ2v) is 7.73. The first-order valence-electron chi connectivity index (χ1n) is 10.2. The fraction of sp³-hybridized carbons (Fsp3) is 0.500. The number of nitrogens with two attached hydrogens (primary N) is 1. The van der Waals surface area contributed by atoms with Crippen molar-refractivity contribution in [1.82, 2.24) is 15.3 Å². The molecule has 1 aliphatic carbocycles. The van der Waals surface area contributed by atoms with Crippen LogP contribution in [0.2, 0.25) is 0 Å². The largest absolute Gasteiger partial charge is 0.393 e. The van der Waals surface area contributed by atoms with Crippen LogP contribution in [0.3, 0.4) is 0 Å². The highest BCUT2D eigenvalue weighted by Gasteiger charge is 2.26. The number of aromatic nitrogens is 2. The Kier molecular flexibility index (Phi) is 8.67. The molecule has 0 unspecified atom stereocenters. The summed E-state index contributed by atoms with van der Waals surface area (Å²) in [5, 5.41) is 17.7. The molecule has 4 rings (SSSR count). The third kappa shape index (κ3) is 5.47. The number of nitro benzene ring substituents is 1. The third-order valence-corrected chi connectivity index (χ3v) is 5.77. The van der Waals surface area contributed by atoms with Gasteiger partial charge in [0.05, 0.1) is 10.6 Å². The van der Waals surface area contributed by atoms with Gasteiger partial charge in [-0.25, -0.2) is 4.98 Å². The molecule has 0 radical (unpaired) electrons. The molecular weight excluding hydrogens is 441 g/mol. The minimum atomic E-state index is -0.481. The van der Waals surface area contributed by atoms with Crippen molar-refractivity contribution in [3.05, 3.63) is 39.6 Å². The molecule has 2 aromatic rings. The van der Waals surface area contributed by atoms with Crippen molar-refractivity contribution in [3.8, 4) is 0 Å². The van der Waals surface area contributed by atoms with Gasteiger partial charge in [0, 0.05) is 36.4 Å². The van der Waals surface area contributed by atoms with Crippen molar-refractivity contribution in [1.29, 1.82) is 0 Å². The van der Waals surface area contributed by atoms with E-state index in [-0.39, 0.29) is 36.2 Å². The second-order valence-electron chi connectivity index (χ2n) is 7.73. The molecule has 9 nitrogen and oxygen atoms in total. The molecule has 11 heteroatoms. The van der Waals surface area contributed by atoms with E-state index in [1.54, 1.807) is 6.07 Å². The fourth-order valence-electron chi connectivity index (χ4n) is 4.21. The molecule has 31 heavy (non-hydrogen) atoms. The zero-order chi connectivity index (χ0) is 20.4. The Morgan fingerprint density at radius 1 is 1.19 bits per heavy atom. The lowest BCUT2D eigenvalue weighted by Crippen LogP contribution is -2.45. The number of rotatable bonds is 5. The van der Waals surface area contributed by atoms with Crippen molar-refractivity contribution in [2.24, 2.45) is 0 Å². The summed E-state index contributed by atoms with van der Waals surface area (Å²) in [7, 11) is 2.00. The summed E-state index contributed by atoms with van der Waals surface area (Å²) in [6, 6.07) is 5.12. The van der Waals surface area contributed by atoms with Gasteiger partial charge < -0.3 is 21.3 Å². The van der Waals surface area contributed by atoms with Crippen LogP contribution in [0.4, 0.5) is 28.8 Å². The van der Waals surface area contributed by atoms with E-state index in [2.05, 4.69) is 15.5 Å². The van der Waals surface area contributed by atoms with E-state index in [0.717, 1.165) is 56.7 Å². The van der Waals surface area contributed by atoms with Gasteiger partial charge in [0.2, 0.25) is 5.95 Å². The van der Waals surface area contributed by atoms with Crippen LogP contribution in [-0.4, -0.2) is 41.1 Å². The van der Waals surface area contributed by atoms with Gasteiger partial charge >= 0.3 is 0 Å². The Hall–Kier alpha value is -2.36. The molecule has 0 spiro atoms. The maximum Gasteiger partial charge on any atom is 0.294 e. The summed E-state index contributed by atoms with van der Waals surface area (Å²) < 4.78 is 0. The summed E-state index contributed by atoms with van der Waals surface area (Å²) in [5.41, 5.74) is 8.61. The minimum absolute atomic E-state index is 0. The van der Waals surface area contributed by atoms with Gasteiger partial charge in [-0.1, -0.05) is 0 Å². The lowest BCUT2D eigenvalue weighted by Gasteiger charge is -2.35. The van der Waals surface area contributed by atoms with Crippen LogP contribution in [-0.2, 0) is 12.8 Å². The second kappa shape index (κ2) is 10.8. The van der Waals surface area contributed by atoms with Crippen LogP contribution >= 0.6 is 24.8 Å². The number of hydrogen-bond acceptors (Lipinski definition) is 8. The number of nitro groups is 1. The number of nitrogen functional groups attached to an aromatic ring is 1. The third-order valence-electron chi connectivity index (χ3n) is 5.77. The van der Waals surface area contributed by atoms with Crippen LogP contribution in [0.1, 0.15) is 36.9 Å². The molecule has 1 atom stereocenters. The van der Waals surface area contributed by atoms with Gasteiger partial charge in [-0.2, -0.15) is 4.98 Å². The molecule has 1 aromatic carbocycles. The number of aryl methyl sites for hydroxylation is 1. The molecule has 1 aromatic heterocycles. The average Bonchev–Trinajstić information content (AvgIpc) is 2.74. The van der Waals surface area contributed by atoms with Gasteiger partial charge in [0.1, 0.15) is 11.5 Å². The fourth-order valence-corrected chi connectivity index (χ4v) is 4.21. The van der Waals surface area contributed by atoms with E-state index in [4.69, 9.17) is 15.7 Å². The van der Waals surface area contributed by atoms with Gasteiger partial charge in [-0.3, -0.25) is 10.1 Å². The standard InChI is InChI=1S/C20H27N7O2.2ClH/c1-22-14-5-4-10-26(12-14)19-15-6-2-3-7-17(15)24-20(25-19)23-13-8-9-16(21)18(11-13)27(28)29;;/h8-9,11,14,22H,2-7,10,12,21H2,1H3,(H,23,24,25);2*1H/t14-;;/m1../s1. The maximum atomic E-state index is 11.2. The van der Waals surface area contributed by atoms with E-state index < -0.39 is 4.92 Å². The highest BCUT2D eigenvalue weighted by atomic mass is 35.5. The average molecular weight is 470 g/mol. The number of halogens is 2. The molecule has 0 saturated carbocycles. The number of fused-ring (bicyclic) bond motifs is 1. The molecule has 2 heterocycles. The zero-order valence-corrected chi connectivity index (χ0v) is 19.1. The van der Waals surface area contributed by atoms with Crippen molar-refractivity contribution >= 4 is 53.6 Å². The van der Waals surface area contributed by atoms with E-state index in [9.17, 15) is 10.1 Å². The van der Waals surface area contributed by atoms with Crippen molar-refractivity contribution in [2.45, 2.75) is 44.6 Å². The predicted molar refractivity (Wildman–Crippen MR) is 128 cm³/mol. The highest BCUT2D eigenvalue weighted by molar-refractivity contribution is 5.85. The van der Waals surface area contributed by atoms with Crippen molar-refractivity contribution in [3.63, 3.8) is 0 Å². The quantitative estimate of drug-likeness (QED) is 0.344. The number of likely N-dealkylation sites (N-methyl/N-ethyl adjacent to an activating group) is 1. The molecule has 1 aliphatic heterocycles. The topological polar surface area (TPSA) is 122 Å². The summed E-state index contributed by atoms with van der Waals surface area (Å²) in [4.78, 5) is 22.6. The van der Waals surface area contributed by atoms with Crippen molar-refractivity contribution < 1.29 is 4.92 Å². The number of nitrogens with zero attached hydrogens (tertiary/aromatic N) is 4. The Balaban J connectivity index is 0.00000171. The van der Waals surface area contributed by atoms with Crippen LogP contribution in [0.5, 0.6) is 0 Å². The monoisotopic (exact) mass is 469 g/mol. The smallest absolute Gasteiger partial charge is 0.294 e. The zero-order valence-electron chi connectivity index (χ0n) is 17.5. The van der Waals surface area contributed by atoms with Crippen molar-refractivity contribution in [2.75, 3.05) is 36.1 Å².